The molecule has 0 unspecified atom stereocenters. The molecular weight excluding hydrogens is 192 g/mol. The van der Waals surface area contributed by atoms with E-state index in [1.165, 1.54) is 30.0 Å². The maximum atomic E-state index is 4.64. The highest BCUT2D eigenvalue weighted by Gasteiger charge is 2.22. The van der Waals surface area contributed by atoms with Crippen LogP contribution in [0.15, 0.2) is 5.38 Å². The van der Waals surface area contributed by atoms with Crippen molar-refractivity contribution in [2.75, 3.05) is 13.1 Å². The van der Waals surface area contributed by atoms with Gasteiger partial charge in [-0.1, -0.05) is 6.92 Å². The predicted octanol–water partition coefficient (Wildman–Crippen LogP) is 2.25. The third kappa shape index (κ3) is 3.07. The number of thiazole rings is 1. The van der Waals surface area contributed by atoms with E-state index in [1.54, 1.807) is 0 Å². The highest BCUT2D eigenvalue weighted by molar-refractivity contribution is 7.09. The summed E-state index contributed by atoms with van der Waals surface area (Å²) in [6.07, 6.45) is 5.15. The monoisotopic (exact) mass is 210 g/mol. The van der Waals surface area contributed by atoms with E-state index in [9.17, 15) is 0 Å². The Bertz CT molecular complexity index is 279. The molecule has 0 bridgehead atoms. The number of nitrogens with one attached hydrogen (secondary N) is 1. The van der Waals surface area contributed by atoms with Crippen LogP contribution in [0.2, 0.25) is 0 Å². The number of likely N-dealkylation sites (N-methyl/N-ethyl adjacent to an activating group) is 1. The van der Waals surface area contributed by atoms with E-state index in [0.717, 1.165) is 25.4 Å². The minimum absolute atomic E-state index is 0.961. The van der Waals surface area contributed by atoms with Gasteiger partial charge in [0.2, 0.25) is 0 Å². The molecule has 1 aromatic heterocycles. The zero-order valence-corrected chi connectivity index (χ0v) is 9.57. The first-order valence-electron chi connectivity index (χ1n) is 5.52. The summed E-state index contributed by atoms with van der Waals surface area (Å²) in [6.45, 7) is 4.25. The highest BCUT2D eigenvalue weighted by atomic mass is 32.1. The molecule has 3 heteroatoms. The molecule has 0 aliphatic heterocycles. The Hall–Kier alpha value is -0.410. The average molecular weight is 210 g/mol. The van der Waals surface area contributed by atoms with Crippen molar-refractivity contribution < 1.29 is 0 Å². The Morgan fingerprint density at radius 3 is 3.14 bits per heavy atom. The quantitative estimate of drug-likeness (QED) is 0.728. The van der Waals surface area contributed by atoms with Crippen molar-refractivity contribution in [1.82, 2.24) is 10.3 Å². The fourth-order valence-electron chi connectivity index (χ4n) is 1.52. The van der Waals surface area contributed by atoms with Gasteiger partial charge in [-0.2, -0.15) is 0 Å². The van der Waals surface area contributed by atoms with E-state index in [0.29, 0.717) is 0 Å². The van der Waals surface area contributed by atoms with E-state index < -0.39 is 0 Å². The van der Waals surface area contributed by atoms with Gasteiger partial charge < -0.3 is 5.32 Å². The molecule has 0 atom stereocenters. The number of rotatable bonds is 6. The number of aromatic nitrogens is 1. The molecule has 1 N–H and O–H groups in total. The Morgan fingerprint density at radius 1 is 1.57 bits per heavy atom. The average Bonchev–Trinajstić information content (AvgIpc) is 2.87. The molecule has 2 nitrogen and oxygen atoms in total. The van der Waals surface area contributed by atoms with Gasteiger partial charge in [-0.25, -0.2) is 4.98 Å². The van der Waals surface area contributed by atoms with Crippen LogP contribution in [0.25, 0.3) is 0 Å². The van der Waals surface area contributed by atoms with E-state index in [2.05, 4.69) is 22.6 Å². The first kappa shape index (κ1) is 10.1. The maximum absolute atomic E-state index is 4.64. The van der Waals surface area contributed by atoms with Crippen molar-refractivity contribution in [1.29, 1.82) is 0 Å². The van der Waals surface area contributed by atoms with Crippen LogP contribution in [0.3, 0.4) is 0 Å². The maximum Gasteiger partial charge on any atom is 0.0931 e. The number of nitrogens with zero attached hydrogens (tertiary/aromatic N) is 1. The molecule has 2 rings (SSSR count). The van der Waals surface area contributed by atoms with Crippen LogP contribution in [0.5, 0.6) is 0 Å². The Labute approximate surface area is 89.8 Å². The van der Waals surface area contributed by atoms with Crippen LogP contribution in [0, 0.1) is 5.92 Å². The first-order valence-corrected chi connectivity index (χ1v) is 6.40. The topological polar surface area (TPSA) is 24.9 Å². The van der Waals surface area contributed by atoms with Gasteiger partial charge in [0.15, 0.2) is 0 Å². The normalized spacial score (nSPS) is 16.1. The van der Waals surface area contributed by atoms with Crippen molar-refractivity contribution in [3.63, 3.8) is 0 Å². The fourth-order valence-corrected chi connectivity index (χ4v) is 2.46. The van der Waals surface area contributed by atoms with Gasteiger partial charge in [0.05, 0.1) is 10.7 Å². The molecule has 0 aromatic carbocycles. The summed E-state index contributed by atoms with van der Waals surface area (Å²) in [4.78, 5) is 4.64. The van der Waals surface area contributed by atoms with Gasteiger partial charge in [0, 0.05) is 24.8 Å². The first-order chi connectivity index (χ1) is 6.88. The molecule has 0 saturated heterocycles. The SMILES string of the molecule is CCNCCc1csc(CC2CC2)n1. The van der Waals surface area contributed by atoms with Crippen LogP contribution >= 0.6 is 11.3 Å². The highest BCUT2D eigenvalue weighted by Crippen LogP contribution is 2.33. The third-order valence-corrected chi connectivity index (χ3v) is 3.49. The van der Waals surface area contributed by atoms with Gasteiger partial charge in [-0.15, -0.1) is 11.3 Å². The molecule has 14 heavy (non-hydrogen) atoms. The zero-order chi connectivity index (χ0) is 9.80. The molecule has 1 saturated carbocycles. The van der Waals surface area contributed by atoms with Crippen molar-refractivity contribution in [3.8, 4) is 0 Å². The summed E-state index contributed by atoms with van der Waals surface area (Å²) >= 11 is 1.84. The molecule has 0 spiro atoms. The summed E-state index contributed by atoms with van der Waals surface area (Å²) in [5, 5.41) is 6.89. The predicted molar refractivity (Wildman–Crippen MR) is 60.8 cm³/mol. The minimum Gasteiger partial charge on any atom is -0.317 e. The second-order valence-corrected chi connectivity index (χ2v) is 4.93. The molecular formula is C11H18N2S. The lowest BCUT2D eigenvalue weighted by Gasteiger charge is -1.97. The van der Waals surface area contributed by atoms with E-state index >= 15 is 0 Å². The van der Waals surface area contributed by atoms with Gasteiger partial charge in [0.25, 0.3) is 0 Å². The summed E-state index contributed by atoms with van der Waals surface area (Å²) in [7, 11) is 0. The largest absolute Gasteiger partial charge is 0.317 e. The summed E-state index contributed by atoms with van der Waals surface area (Å²) in [6, 6.07) is 0. The molecule has 0 radical (unpaired) electrons. The minimum atomic E-state index is 0.961. The third-order valence-electron chi connectivity index (χ3n) is 2.57. The second kappa shape index (κ2) is 4.89. The molecule has 0 amide bonds. The Balaban J connectivity index is 1.76. The van der Waals surface area contributed by atoms with Gasteiger partial charge >= 0.3 is 0 Å². The van der Waals surface area contributed by atoms with E-state index in [4.69, 9.17) is 0 Å². The van der Waals surface area contributed by atoms with Gasteiger partial charge in [-0.05, 0) is 25.3 Å². The van der Waals surface area contributed by atoms with Crippen LogP contribution in [-0.4, -0.2) is 18.1 Å². The molecule has 78 valence electrons. The molecule has 1 aliphatic rings. The van der Waals surface area contributed by atoms with Crippen molar-refractivity contribution in [2.45, 2.75) is 32.6 Å². The summed E-state index contributed by atoms with van der Waals surface area (Å²) in [5.41, 5.74) is 1.27. The standard InChI is InChI=1S/C11H18N2S/c1-2-12-6-5-10-8-14-11(13-10)7-9-3-4-9/h8-9,12H,2-7H2,1H3. The van der Waals surface area contributed by atoms with Crippen LogP contribution in [0.4, 0.5) is 0 Å². The summed E-state index contributed by atoms with van der Waals surface area (Å²) < 4.78 is 0. The molecule has 1 heterocycles. The lowest BCUT2D eigenvalue weighted by atomic mass is 10.3. The van der Waals surface area contributed by atoms with Crippen LogP contribution in [-0.2, 0) is 12.8 Å². The lowest BCUT2D eigenvalue weighted by Crippen LogP contribution is -2.16. The van der Waals surface area contributed by atoms with Crippen molar-refractivity contribution in [3.05, 3.63) is 16.1 Å². The van der Waals surface area contributed by atoms with E-state index in [1.807, 2.05) is 11.3 Å². The van der Waals surface area contributed by atoms with Crippen molar-refractivity contribution >= 4 is 11.3 Å². The van der Waals surface area contributed by atoms with Crippen LogP contribution in [0.1, 0.15) is 30.5 Å². The fraction of sp³-hybridized carbons (Fsp3) is 0.727. The van der Waals surface area contributed by atoms with Gasteiger partial charge in [-0.3, -0.25) is 0 Å². The number of hydrogen-bond donors (Lipinski definition) is 1. The number of hydrogen-bond acceptors (Lipinski definition) is 3. The van der Waals surface area contributed by atoms with Crippen LogP contribution < -0.4 is 5.32 Å². The van der Waals surface area contributed by atoms with E-state index in [-0.39, 0.29) is 0 Å². The van der Waals surface area contributed by atoms with Gasteiger partial charge in [0.1, 0.15) is 0 Å². The zero-order valence-electron chi connectivity index (χ0n) is 8.75. The molecule has 1 aromatic rings. The summed E-state index contributed by atoms with van der Waals surface area (Å²) in [5.74, 6) is 0.961. The smallest absolute Gasteiger partial charge is 0.0931 e. The van der Waals surface area contributed by atoms with Crippen molar-refractivity contribution in [2.24, 2.45) is 5.92 Å². The Kier molecular flexibility index (Phi) is 3.54. The molecule has 1 fully saturated rings. The molecule has 1 aliphatic carbocycles. The Morgan fingerprint density at radius 2 is 2.43 bits per heavy atom. The lowest BCUT2D eigenvalue weighted by molar-refractivity contribution is 0.707. The second-order valence-electron chi connectivity index (χ2n) is 3.98.